The van der Waals surface area contributed by atoms with Crippen molar-refractivity contribution >= 4 is 40.0 Å². The van der Waals surface area contributed by atoms with E-state index in [0.29, 0.717) is 25.5 Å². The van der Waals surface area contributed by atoms with Gasteiger partial charge >= 0.3 is 6.09 Å². The lowest BCUT2D eigenvalue weighted by Crippen LogP contribution is -2.54. The third-order valence-electron chi connectivity index (χ3n) is 7.43. The SMILES string of the molecule is Cc1cc(Nc2ncnc3cnc(N4CCN(C(=O)OC(C)(C)C)C[C@@H]4C)cc23)ccc1Cc1ccn2ncnc2c1. The molecule has 1 aliphatic rings. The van der Waals surface area contributed by atoms with Gasteiger partial charge in [-0.15, -0.1) is 0 Å². The molecule has 1 N–H and O–H groups in total. The molecule has 42 heavy (non-hydrogen) atoms. The zero-order valence-corrected chi connectivity index (χ0v) is 24.6. The lowest BCUT2D eigenvalue weighted by Gasteiger charge is -2.40. The predicted octanol–water partition coefficient (Wildman–Crippen LogP) is 5.16. The molecule has 0 unspecified atom stereocenters. The third-order valence-corrected chi connectivity index (χ3v) is 7.43. The van der Waals surface area contributed by atoms with E-state index in [0.717, 1.165) is 34.5 Å². The van der Waals surface area contributed by atoms with Crippen LogP contribution in [0.15, 0.2) is 61.4 Å². The minimum atomic E-state index is -0.521. The van der Waals surface area contributed by atoms with E-state index in [1.165, 1.54) is 16.7 Å². The molecule has 1 atom stereocenters. The summed E-state index contributed by atoms with van der Waals surface area (Å²) in [6, 6.07) is 12.6. The fourth-order valence-corrected chi connectivity index (χ4v) is 5.29. The molecule has 6 rings (SSSR count). The van der Waals surface area contributed by atoms with Crippen molar-refractivity contribution in [1.29, 1.82) is 0 Å². The summed E-state index contributed by atoms with van der Waals surface area (Å²) in [5.74, 6) is 1.54. The number of aromatic nitrogens is 6. The third kappa shape index (κ3) is 5.81. The summed E-state index contributed by atoms with van der Waals surface area (Å²) in [5.41, 5.74) is 5.62. The number of carbonyl (C=O) groups excluding carboxylic acids is 1. The molecule has 0 saturated carbocycles. The van der Waals surface area contributed by atoms with Crippen molar-refractivity contribution < 1.29 is 9.53 Å². The van der Waals surface area contributed by atoms with Gasteiger partial charge in [-0.1, -0.05) is 6.07 Å². The maximum atomic E-state index is 12.6. The first kappa shape index (κ1) is 27.4. The van der Waals surface area contributed by atoms with Gasteiger partial charge in [-0.2, -0.15) is 5.10 Å². The number of nitrogens with one attached hydrogen (secondary N) is 1. The zero-order valence-electron chi connectivity index (χ0n) is 24.6. The van der Waals surface area contributed by atoms with Gasteiger partial charge < -0.3 is 19.9 Å². The predicted molar refractivity (Wildman–Crippen MR) is 162 cm³/mol. The number of pyridine rings is 2. The molecule has 0 aliphatic carbocycles. The lowest BCUT2D eigenvalue weighted by atomic mass is 10.0. The van der Waals surface area contributed by atoms with E-state index in [2.05, 4.69) is 74.4 Å². The van der Waals surface area contributed by atoms with Crippen LogP contribution in [0.4, 0.5) is 22.1 Å². The summed E-state index contributed by atoms with van der Waals surface area (Å²) in [7, 11) is 0. The fraction of sp³-hybridized carbons (Fsp3) is 0.355. The largest absolute Gasteiger partial charge is 0.444 e. The first-order chi connectivity index (χ1) is 20.1. The second-order valence-electron chi connectivity index (χ2n) is 11.8. The van der Waals surface area contributed by atoms with Crippen LogP contribution in [0.5, 0.6) is 0 Å². The Labute approximate surface area is 244 Å². The molecule has 0 bridgehead atoms. The van der Waals surface area contributed by atoms with Crippen LogP contribution in [0.1, 0.15) is 44.4 Å². The van der Waals surface area contributed by atoms with Gasteiger partial charge in [0.25, 0.3) is 0 Å². The number of fused-ring (bicyclic) bond motifs is 2. The Balaban J connectivity index is 1.19. The summed E-state index contributed by atoms with van der Waals surface area (Å²) >= 11 is 0. The van der Waals surface area contributed by atoms with Crippen LogP contribution in [-0.4, -0.2) is 71.8 Å². The van der Waals surface area contributed by atoms with Crippen molar-refractivity contribution in [3.8, 4) is 0 Å². The molecule has 11 heteroatoms. The highest BCUT2D eigenvalue weighted by Crippen LogP contribution is 2.29. The minimum absolute atomic E-state index is 0.0675. The van der Waals surface area contributed by atoms with Crippen LogP contribution in [0.2, 0.25) is 0 Å². The maximum Gasteiger partial charge on any atom is 0.410 e. The zero-order chi connectivity index (χ0) is 29.4. The summed E-state index contributed by atoms with van der Waals surface area (Å²) in [6.07, 6.45) is 7.36. The molecular formula is C31H35N9O2. The van der Waals surface area contributed by atoms with Crippen molar-refractivity contribution in [3.63, 3.8) is 0 Å². The van der Waals surface area contributed by atoms with Crippen molar-refractivity contribution in [2.24, 2.45) is 0 Å². The van der Waals surface area contributed by atoms with Gasteiger partial charge in [0.05, 0.1) is 11.7 Å². The van der Waals surface area contributed by atoms with Crippen LogP contribution < -0.4 is 10.2 Å². The number of rotatable bonds is 5. The Morgan fingerprint density at radius 2 is 1.90 bits per heavy atom. The van der Waals surface area contributed by atoms with Crippen molar-refractivity contribution in [2.45, 2.75) is 52.7 Å². The quantitative estimate of drug-likeness (QED) is 0.309. The number of amides is 1. The summed E-state index contributed by atoms with van der Waals surface area (Å²) < 4.78 is 7.34. The van der Waals surface area contributed by atoms with E-state index >= 15 is 0 Å². The number of anilines is 3. The normalized spacial score (nSPS) is 15.8. The van der Waals surface area contributed by atoms with Gasteiger partial charge in [0.2, 0.25) is 0 Å². The summed E-state index contributed by atoms with van der Waals surface area (Å²) in [4.78, 5) is 34.6. The minimum Gasteiger partial charge on any atom is -0.444 e. The number of hydrogen-bond donors (Lipinski definition) is 1. The highest BCUT2D eigenvalue weighted by atomic mass is 16.6. The number of piperazine rings is 1. The lowest BCUT2D eigenvalue weighted by molar-refractivity contribution is 0.0218. The van der Waals surface area contributed by atoms with Crippen LogP contribution in [0.25, 0.3) is 16.6 Å². The van der Waals surface area contributed by atoms with E-state index in [1.54, 1.807) is 28.3 Å². The van der Waals surface area contributed by atoms with Crippen LogP contribution in [0, 0.1) is 6.92 Å². The van der Waals surface area contributed by atoms with E-state index in [1.807, 2.05) is 33.0 Å². The molecule has 1 fully saturated rings. The van der Waals surface area contributed by atoms with Gasteiger partial charge in [0.15, 0.2) is 5.65 Å². The Morgan fingerprint density at radius 1 is 1.05 bits per heavy atom. The molecule has 1 aliphatic heterocycles. The number of nitrogens with zero attached hydrogens (tertiary/aromatic N) is 8. The number of aryl methyl sites for hydroxylation is 1. The topological polar surface area (TPSA) is 114 Å². The molecular weight excluding hydrogens is 530 g/mol. The van der Waals surface area contributed by atoms with Crippen LogP contribution in [-0.2, 0) is 11.2 Å². The molecule has 0 spiro atoms. The van der Waals surface area contributed by atoms with Gasteiger partial charge in [-0.05, 0) is 88.1 Å². The van der Waals surface area contributed by atoms with E-state index < -0.39 is 5.60 Å². The molecule has 11 nitrogen and oxygen atoms in total. The van der Waals surface area contributed by atoms with Crippen molar-refractivity contribution in [3.05, 3.63) is 78.1 Å². The molecule has 5 aromatic rings. The monoisotopic (exact) mass is 565 g/mol. The van der Waals surface area contributed by atoms with E-state index in [9.17, 15) is 4.79 Å². The number of hydrogen-bond acceptors (Lipinski definition) is 9. The molecule has 1 aromatic carbocycles. The Bertz CT molecular complexity index is 1760. The van der Waals surface area contributed by atoms with Gasteiger partial charge in [0.1, 0.15) is 29.9 Å². The highest BCUT2D eigenvalue weighted by Gasteiger charge is 2.30. The molecule has 216 valence electrons. The Hall–Kier alpha value is -4.80. The second-order valence-corrected chi connectivity index (χ2v) is 11.8. The number of ether oxygens (including phenoxy) is 1. The number of carbonyl (C=O) groups is 1. The fourth-order valence-electron chi connectivity index (χ4n) is 5.29. The first-order valence-corrected chi connectivity index (χ1v) is 14.1. The molecule has 5 heterocycles. The first-order valence-electron chi connectivity index (χ1n) is 14.1. The van der Waals surface area contributed by atoms with Crippen LogP contribution in [0.3, 0.4) is 0 Å². The van der Waals surface area contributed by atoms with Crippen molar-refractivity contribution in [2.75, 3.05) is 29.9 Å². The van der Waals surface area contributed by atoms with Crippen molar-refractivity contribution in [1.82, 2.24) is 34.4 Å². The maximum absolute atomic E-state index is 12.6. The average molecular weight is 566 g/mol. The Kier molecular flexibility index (Phi) is 7.09. The molecule has 0 radical (unpaired) electrons. The van der Waals surface area contributed by atoms with Gasteiger partial charge in [0, 0.05) is 42.9 Å². The Morgan fingerprint density at radius 3 is 2.69 bits per heavy atom. The second kappa shape index (κ2) is 10.9. The average Bonchev–Trinajstić information content (AvgIpc) is 3.42. The summed E-state index contributed by atoms with van der Waals surface area (Å²) in [6.45, 7) is 11.6. The summed E-state index contributed by atoms with van der Waals surface area (Å²) in [5, 5.41) is 8.55. The molecule has 1 saturated heterocycles. The number of benzene rings is 1. The smallest absolute Gasteiger partial charge is 0.410 e. The van der Waals surface area contributed by atoms with Crippen LogP contribution >= 0.6 is 0 Å². The molecule has 4 aromatic heterocycles. The standard InChI is InChI=1S/C31H35N9O2/c1-20-12-24(7-6-23(20)13-22-8-9-40-28(14-22)34-19-36-40)37-29-25-15-27(32-16-26(25)33-18-35-29)39-11-10-38(17-21(39)2)30(41)42-31(3,4)5/h6-9,12,14-16,18-19,21H,10-11,13,17H2,1-5H3,(H,33,35,37)/t21-/m0/s1. The van der Waals surface area contributed by atoms with Gasteiger partial charge in [-0.3, -0.25) is 0 Å². The van der Waals surface area contributed by atoms with E-state index in [-0.39, 0.29) is 12.1 Å². The highest BCUT2D eigenvalue weighted by molar-refractivity contribution is 5.92. The van der Waals surface area contributed by atoms with E-state index in [4.69, 9.17) is 9.72 Å². The van der Waals surface area contributed by atoms with Gasteiger partial charge in [-0.25, -0.2) is 29.2 Å². The molecule has 1 amide bonds.